The Hall–Kier alpha value is -0.570. The summed E-state index contributed by atoms with van der Waals surface area (Å²) >= 11 is 6.15. The predicted octanol–water partition coefficient (Wildman–Crippen LogP) is 2.92. The van der Waals surface area contributed by atoms with Crippen molar-refractivity contribution in [3.05, 3.63) is 34.3 Å². The number of nitrogens with one attached hydrogen (secondary N) is 1. The first-order valence-electron chi connectivity index (χ1n) is 5.83. The molecule has 1 saturated heterocycles. The van der Waals surface area contributed by atoms with Gasteiger partial charge in [-0.05, 0) is 43.5 Å². The van der Waals surface area contributed by atoms with E-state index < -0.39 is 0 Å². The van der Waals surface area contributed by atoms with Crippen molar-refractivity contribution in [2.75, 3.05) is 13.1 Å². The van der Waals surface area contributed by atoms with Gasteiger partial charge >= 0.3 is 0 Å². The van der Waals surface area contributed by atoms with Gasteiger partial charge in [-0.1, -0.05) is 23.7 Å². The minimum absolute atomic E-state index is 0.339. The van der Waals surface area contributed by atoms with Gasteiger partial charge in [0.15, 0.2) is 0 Å². The summed E-state index contributed by atoms with van der Waals surface area (Å²) in [5, 5.41) is 4.15. The summed E-state index contributed by atoms with van der Waals surface area (Å²) in [6, 6.07) is 6.11. The number of halogens is 1. The molecule has 1 aliphatic heterocycles. The fraction of sp³-hybridized carbons (Fsp3) is 0.538. The van der Waals surface area contributed by atoms with Crippen molar-refractivity contribution in [1.29, 1.82) is 0 Å². The first-order chi connectivity index (χ1) is 7.75. The van der Waals surface area contributed by atoms with Crippen LogP contribution in [0.15, 0.2) is 18.2 Å². The highest BCUT2D eigenvalue weighted by molar-refractivity contribution is 6.31. The number of rotatable bonds is 3. The van der Waals surface area contributed by atoms with Crippen LogP contribution in [0.2, 0.25) is 5.02 Å². The molecule has 88 valence electrons. The molecule has 0 bridgehead atoms. The number of hydrogen-bond acceptors (Lipinski definition) is 2. The van der Waals surface area contributed by atoms with Gasteiger partial charge in [-0.15, -0.1) is 0 Å². The molecule has 1 aromatic carbocycles. The third-order valence-electron chi connectivity index (χ3n) is 2.93. The zero-order valence-corrected chi connectivity index (χ0v) is 10.4. The Morgan fingerprint density at radius 1 is 1.50 bits per heavy atom. The van der Waals surface area contributed by atoms with E-state index >= 15 is 0 Å². The van der Waals surface area contributed by atoms with Crippen LogP contribution < -0.4 is 5.32 Å². The molecule has 2 rings (SSSR count). The molecule has 1 aliphatic rings. The van der Waals surface area contributed by atoms with Crippen molar-refractivity contribution in [2.24, 2.45) is 0 Å². The van der Waals surface area contributed by atoms with Crippen molar-refractivity contribution in [3.63, 3.8) is 0 Å². The van der Waals surface area contributed by atoms with Gasteiger partial charge in [0.25, 0.3) is 0 Å². The summed E-state index contributed by atoms with van der Waals surface area (Å²) in [7, 11) is 0. The smallest absolute Gasteiger partial charge is 0.0735 e. The number of piperidine rings is 1. The monoisotopic (exact) mass is 239 g/mol. The van der Waals surface area contributed by atoms with E-state index in [0.717, 1.165) is 30.1 Å². The average molecular weight is 240 g/mol. The first kappa shape index (κ1) is 11.9. The molecule has 1 heterocycles. The topological polar surface area (TPSA) is 21.3 Å². The van der Waals surface area contributed by atoms with Gasteiger partial charge in [0, 0.05) is 11.6 Å². The Labute approximate surface area is 102 Å². The van der Waals surface area contributed by atoms with Crippen LogP contribution in [0.1, 0.15) is 24.0 Å². The molecular formula is C13H18ClNO. The van der Waals surface area contributed by atoms with E-state index in [0.29, 0.717) is 12.7 Å². The Kier molecular flexibility index (Phi) is 4.22. The van der Waals surface area contributed by atoms with E-state index in [2.05, 4.69) is 11.4 Å². The summed E-state index contributed by atoms with van der Waals surface area (Å²) in [5.41, 5.74) is 2.27. The maximum Gasteiger partial charge on any atom is 0.0735 e. The van der Waals surface area contributed by atoms with E-state index in [-0.39, 0.29) is 0 Å². The zero-order valence-electron chi connectivity index (χ0n) is 9.63. The third kappa shape index (κ3) is 3.21. The maximum absolute atomic E-state index is 6.15. The van der Waals surface area contributed by atoms with Crippen molar-refractivity contribution < 1.29 is 4.74 Å². The van der Waals surface area contributed by atoms with E-state index in [1.54, 1.807) is 0 Å². The standard InChI is InChI=1S/C13H18ClNO/c1-10-4-5-11(13(14)7-10)9-16-12-3-2-6-15-8-12/h4-5,7,12,15H,2-3,6,8-9H2,1H3. The highest BCUT2D eigenvalue weighted by Crippen LogP contribution is 2.19. The lowest BCUT2D eigenvalue weighted by molar-refractivity contribution is 0.0253. The molecule has 0 amide bonds. The third-order valence-corrected chi connectivity index (χ3v) is 3.29. The second kappa shape index (κ2) is 5.67. The summed E-state index contributed by atoms with van der Waals surface area (Å²) in [4.78, 5) is 0. The number of ether oxygens (including phenoxy) is 1. The average Bonchev–Trinajstić information content (AvgIpc) is 2.29. The fourth-order valence-corrected chi connectivity index (χ4v) is 2.23. The molecule has 0 aromatic heterocycles. The summed E-state index contributed by atoms with van der Waals surface area (Å²) in [5.74, 6) is 0. The van der Waals surface area contributed by atoms with Crippen molar-refractivity contribution in [1.82, 2.24) is 5.32 Å². The minimum Gasteiger partial charge on any atom is -0.372 e. The van der Waals surface area contributed by atoms with Crippen LogP contribution in [0, 0.1) is 6.92 Å². The lowest BCUT2D eigenvalue weighted by Crippen LogP contribution is -2.35. The van der Waals surface area contributed by atoms with Crippen molar-refractivity contribution in [2.45, 2.75) is 32.5 Å². The number of benzene rings is 1. The van der Waals surface area contributed by atoms with Gasteiger partial charge < -0.3 is 10.1 Å². The van der Waals surface area contributed by atoms with E-state index in [1.807, 2.05) is 19.1 Å². The lowest BCUT2D eigenvalue weighted by Gasteiger charge is -2.23. The largest absolute Gasteiger partial charge is 0.372 e. The highest BCUT2D eigenvalue weighted by atomic mass is 35.5. The van der Waals surface area contributed by atoms with Crippen LogP contribution in [-0.2, 0) is 11.3 Å². The molecule has 1 N–H and O–H groups in total. The van der Waals surface area contributed by atoms with Crippen molar-refractivity contribution >= 4 is 11.6 Å². The highest BCUT2D eigenvalue weighted by Gasteiger charge is 2.13. The predicted molar refractivity (Wildman–Crippen MR) is 66.9 cm³/mol. The van der Waals surface area contributed by atoms with Crippen LogP contribution in [0.3, 0.4) is 0 Å². The Morgan fingerprint density at radius 2 is 2.38 bits per heavy atom. The zero-order chi connectivity index (χ0) is 11.4. The van der Waals surface area contributed by atoms with Crippen LogP contribution in [0.4, 0.5) is 0 Å². The second-order valence-electron chi connectivity index (χ2n) is 4.37. The molecule has 0 spiro atoms. The quantitative estimate of drug-likeness (QED) is 0.876. The molecule has 2 nitrogen and oxygen atoms in total. The first-order valence-corrected chi connectivity index (χ1v) is 6.21. The summed E-state index contributed by atoms with van der Waals surface area (Å²) < 4.78 is 5.84. The fourth-order valence-electron chi connectivity index (χ4n) is 1.94. The van der Waals surface area contributed by atoms with Crippen LogP contribution in [0.5, 0.6) is 0 Å². The summed E-state index contributed by atoms with van der Waals surface area (Å²) in [6.07, 6.45) is 2.69. The molecule has 0 radical (unpaired) electrons. The van der Waals surface area contributed by atoms with Gasteiger partial charge in [0.2, 0.25) is 0 Å². The van der Waals surface area contributed by atoms with Crippen molar-refractivity contribution in [3.8, 4) is 0 Å². The molecule has 1 atom stereocenters. The molecule has 16 heavy (non-hydrogen) atoms. The minimum atomic E-state index is 0.339. The molecule has 1 fully saturated rings. The number of aryl methyl sites for hydroxylation is 1. The van der Waals surface area contributed by atoms with Gasteiger partial charge in [-0.25, -0.2) is 0 Å². The van der Waals surface area contributed by atoms with E-state index in [1.165, 1.54) is 12.0 Å². The van der Waals surface area contributed by atoms with E-state index in [9.17, 15) is 0 Å². The van der Waals surface area contributed by atoms with Crippen LogP contribution in [-0.4, -0.2) is 19.2 Å². The number of hydrogen-bond donors (Lipinski definition) is 1. The van der Waals surface area contributed by atoms with E-state index in [4.69, 9.17) is 16.3 Å². The Morgan fingerprint density at radius 3 is 3.06 bits per heavy atom. The molecule has 0 aliphatic carbocycles. The normalized spacial score (nSPS) is 21.0. The summed E-state index contributed by atoms with van der Waals surface area (Å²) in [6.45, 7) is 4.74. The molecular weight excluding hydrogens is 222 g/mol. The van der Waals surface area contributed by atoms with Gasteiger partial charge in [-0.2, -0.15) is 0 Å². The molecule has 3 heteroatoms. The van der Waals surface area contributed by atoms with Crippen LogP contribution in [0.25, 0.3) is 0 Å². The Bertz CT molecular complexity index is 348. The SMILES string of the molecule is Cc1ccc(COC2CCCNC2)c(Cl)c1. The molecule has 1 unspecified atom stereocenters. The second-order valence-corrected chi connectivity index (χ2v) is 4.78. The van der Waals surface area contributed by atoms with Crippen LogP contribution >= 0.6 is 11.6 Å². The van der Waals surface area contributed by atoms with Gasteiger partial charge in [-0.3, -0.25) is 0 Å². The lowest BCUT2D eigenvalue weighted by atomic mass is 10.1. The molecule has 1 aromatic rings. The molecule has 0 saturated carbocycles. The maximum atomic E-state index is 6.15. The Balaban J connectivity index is 1.88. The van der Waals surface area contributed by atoms with Gasteiger partial charge in [0.1, 0.15) is 0 Å². The van der Waals surface area contributed by atoms with Gasteiger partial charge in [0.05, 0.1) is 12.7 Å².